The van der Waals surface area contributed by atoms with Gasteiger partial charge in [0, 0.05) is 5.56 Å². The first-order chi connectivity index (χ1) is 12.4. The zero-order valence-corrected chi connectivity index (χ0v) is 15.1. The van der Waals surface area contributed by atoms with Crippen molar-refractivity contribution in [2.45, 2.75) is 13.5 Å². The molecule has 0 heterocycles. The predicted molar refractivity (Wildman–Crippen MR) is 96.8 cm³/mol. The molecule has 0 bridgehead atoms. The number of carbonyl (C=O) groups is 2. The third kappa shape index (κ3) is 5.56. The van der Waals surface area contributed by atoms with E-state index in [9.17, 15) is 14.0 Å². The van der Waals surface area contributed by atoms with Gasteiger partial charge in [0.15, 0.2) is 6.54 Å². The number of urea groups is 1. The van der Waals surface area contributed by atoms with Crippen molar-refractivity contribution in [3.05, 3.63) is 59.4 Å². The van der Waals surface area contributed by atoms with Crippen LogP contribution in [0.5, 0.6) is 5.75 Å². The molecule has 0 aromatic heterocycles. The van der Waals surface area contributed by atoms with Crippen molar-refractivity contribution in [1.82, 2.24) is 5.32 Å². The van der Waals surface area contributed by atoms with Crippen LogP contribution in [0.1, 0.15) is 11.1 Å². The van der Waals surface area contributed by atoms with Gasteiger partial charge >= 0.3 is 6.03 Å². The van der Waals surface area contributed by atoms with Gasteiger partial charge in [-0.25, -0.2) is 9.18 Å². The Hall–Kier alpha value is -2.93. The smallest absolute Gasteiger partial charge is 0.326 e. The van der Waals surface area contributed by atoms with Gasteiger partial charge in [0.1, 0.15) is 18.1 Å². The van der Waals surface area contributed by atoms with Crippen molar-refractivity contribution in [3.63, 3.8) is 0 Å². The minimum Gasteiger partial charge on any atom is -0.496 e. The fraction of sp³-hybridized carbons (Fsp3) is 0.263. The number of hydrogen-bond acceptors (Lipinski definition) is 3. The van der Waals surface area contributed by atoms with E-state index in [0.29, 0.717) is 6.54 Å². The van der Waals surface area contributed by atoms with E-state index >= 15 is 0 Å². The van der Waals surface area contributed by atoms with Gasteiger partial charge in [-0.3, -0.25) is 10.1 Å². The number of carbonyl (C=O) groups excluding carboxylic acids is 2. The highest BCUT2D eigenvalue weighted by atomic mass is 19.1. The Morgan fingerprint density at radius 1 is 1.19 bits per heavy atom. The molecule has 0 spiro atoms. The molecule has 0 aliphatic heterocycles. The van der Waals surface area contributed by atoms with Gasteiger partial charge in [0.25, 0.3) is 5.91 Å². The number of para-hydroxylation sites is 1. The quantitative estimate of drug-likeness (QED) is 0.731. The van der Waals surface area contributed by atoms with Crippen LogP contribution in [-0.4, -0.2) is 32.6 Å². The van der Waals surface area contributed by atoms with Gasteiger partial charge in [-0.2, -0.15) is 0 Å². The van der Waals surface area contributed by atoms with Gasteiger partial charge in [0.2, 0.25) is 0 Å². The Kier molecular flexibility index (Phi) is 6.68. The molecule has 6 nitrogen and oxygen atoms in total. The second-order valence-corrected chi connectivity index (χ2v) is 6.11. The highest BCUT2D eigenvalue weighted by Gasteiger charge is 2.16. The number of ether oxygens (including phenoxy) is 1. The molecule has 1 atom stereocenters. The average Bonchev–Trinajstić information content (AvgIpc) is 2.56. The van der Waals surface area contributed by atoms with Crippen LogP contribution in [0.15, 0.2) is 42.5 Å². The van der Waals surface area contributed by atoms with Crippen LogP contribution in [0.25, 0.3) is 0 Å². The monoisotopic (exact) mass is 360 g/mol. The minimum atomic E-state index is -0.763. The third-order valence-corrected chi connectivity index (χ3v) is 3.77. The number of rotatable bonds is 6. The van der Waals surface area contributed by atoms with Gasteiger partial charge in [-0.1, -0.05) is 23.8 Å². The normalized spacial score (nSPS) is 11.5. The summed E-state index contributed by atoms with van der Waals surface area (Å²) in [7, 11) is 3.44. The van der Waals surface area contributed by atoms with Crippen LogP contribution in [0.4, 0.5) is 14.9 Å². The molecule has 2 aromatic rings. The fourth-order valence-electron chi connectivity index (χ4n) is 2.59. The highest BCUT2D eigenvalue weighted by molar-refractivity contribution is 6.01. The lowest BCUT2D eigenvalue weighted by molar-refractivity contribution is -0.885. The lowest BCUT2D eigenvalue weighted by Crippen LogP contribution is -3.09. The van der Waals surface area contributed by atoms with Crippen molar-refractivity contribution in [2.75, 3.05) is 26.0 Å². The van der Waals surface area contributed by atoms with Crippen LogP contribution >= 0.6 is 0 Å². The summed E-state index contributed by atoms with van der Waals surface area (Å²) >= 11 is 0. The van der Waals surface area contributed by atoms with Crippen LogP contribution in [0.3, 0.4) is 0 Å². The first-order valence-electron chi connectivity index (χ1n) is 8.19. The summed E-state index contributed by atoms with van der Waals surface area (Å²) in [5, 5.41) is 4.52. The summed E-state index contributed by atoms with van der Waals surface area (Å²) in [5.41, 5.74) is 2.10. The van der Waals surface area contributed by atoms with Gasteiger partial charge in [-0.05, 0) is 31.2 Å². The van der Waals surface area contributed by atoms with Crippen molar-refractivity contribution in [3.8, 4) is 5.75 Å². The number of benzene rings is 2. The van der Waals surface area contributed by atoms with Crippen LogP contribution in [-0.2, 0) is 11.3 Å². The number of anilines is 1. The molecule has 0 saturated heterocycles. The second kappa shape index (κ2) is 8.96. The van der Waals surface area contributed by atoms with E-state index in [-0.39, 0.29) is 12.2 Å². The molecule has 7 heteroatoms. The molecule has 0 aliphatic rings. The Morgan fingerprint density at radius 2 is 1.92 bits per heavy atom. The molecule has 3 N–H and O–H groups in total. The van der Waals surface area contributed by atoms with E-state index < -0.39 is 17.8 Å². The Balaban J connectivity index is 1.88. The molecule has 0 radical (unpaired) electrons. The summed E-state index contributed by atoms with van der Waals surface area (Å²) in [6, 6.07) is 10.8. The maximum atomic E-state index is 13.5. The summed E-state index contributed by atoms with van der Waals surface area (Å²) in [6.07, 6.45) is 0. The maximum absolute atomic E-state index is 13.5. The number of nitrogens with one attached hydrogen (secondary N) is 3. The summed E-state index contributed by atoms with van der Waals surface area (Å²) in [6.45, 7) is 2.63. The highest BCUT2D eigenvalue weighted by Crippen LogP contribution is 2.18. The first kappa shape index (κ1) is 19.4. The Morgan fingerprint density at radius 3 is 2.62 bits per heavy atom. The van der Waals surface area contributed by atoms with E-state index in [1.807, 2.05) is 32.2 Å². The van der Waals surface area contributed by atoms with E-state index in [4.69, 9.17) is 4.74 Å². The van der Waals surface area contributed by atoms with Crippen LogP contribution < -0.4 is 20.3 Å². The first-order valence-corrected chi connectivity index (χ1v) is 8.19. The van der Waals surface area contributed by atoms with E-state index in [1.165, 1.54) is 18.2 Å². The molecule has 2 rings (SSSR count). The number of methoxy groups -OCH3 is 1. The van der Waals surface area contributed by atoms with E-state index in [2.05, 4.69) is 10.6 Å². The van der Waals surface area contributed by atoms with Crippen LogP contribution in [0, 0.1) is 12.7 Å². The lowest BCUT2D eigenvalue weighted by atomic mass is 10.1. The average molecular weight is 360 g/mol. The SMILES string of the molecule is COc1ccc(C)cc1C[NH+](C)CC(=O)NC(=O)Nc1ccccc1F. The number of halogens is 1. The molecule has 3 amide bonds. The van der Waals surface area contributed by atoms with Gasteiger partial charge < -0.3 is 15.0 Å². The zero-order valence-electron chi connectivity index (χ0n) is 15.1. The molecule has 138 valence electrons. The van der Waals surface area contributed by atoms with Gasteiger partial charge in [0.05, 0.1) is 19.8 Å². The molecule has 26 heavy (non-hydrogen) atoms. The fourth-order valence-corrected chi connectivity index (χ4v) is 2.59. The second-order valence-electron chi connectivity index (χ2n) is 6.11. The Labute approximate surface area is 152 Å². The van der Waals surface area contributed by atoms with E-state index in [0.717, 1.165) is 21.8 Å². The number of quaternary nitrogens is 1. The van der Waals surface area contributed by atoms with Crippen molar-refractivity contribution >= 4 is 17.6 Å². The lowest BCUT2D eigenvalue weighted by Gasteiger charge is -2.16. The van der Waals surface area contributed by atoms with Crippen molar-refractivity contribution in [2.24, 2.45) is 0 Å². The molecule has 0 aliphatic carbocycles. The third-order valence-electron chi connectivity index (χ3n) is 3.77. The molecule has 0 saturated carbocycles. The zero-order chi connectivity index (χ0) is 19.1. The number of imide groups is 1. The molecule has 0 fully saturated rings. The summed E-state index contributed by atoms with van der Waals surface area (Å²) in [4.78, 5) is 24.7. The van der Waals surface area contributed by atoms with Crippen molar-refractivity contribution in [1.29, 1.82) is 0 Å². The largest absolute Gasteiger partial charge is 0.496 e. The molecular formula is C19H23FN3O3+. The predicted octanol–water partition coefficient (Wildman–Crippen LogP) is 1.51. The maximum Gasteiger partial charge on any atom is 0.326 e. The van der Waals surface area contributed by atoms with Crippen LogP contribution in [0.2, 0.25) is 0 Å². The molecule has 1 unspecified atom stereocenters. The molecule has 2 aromatic carbocycles. The topological polar surface area (TPSA) is 71.9 Å². The minimum absolute atomic E-state index is 0.0167. The van der Waals surface area contributed by atoms with E-state index in [1.54, 1.807) is 13.2 Å². The Bertz CT molecular complexity index is 795. The summed E-state index contributed by atoms with van der Waals surface area (Å²) < 4.78 is 18.8. The molecular weight excluding hydrogens is 337 g/mol. The summed E-state index contributed by atoms with van der Waals surface area (Å²) in [5.74, 6) is -0.264. The van der Waals surface area contributed by atoms with Gasteiger partial charge in [-0.15, -0.1) is 0 Å². The number of amides is 3. The van der Waals surface area contributed by atoms with Crippen molar-refractivity contribution < 1.29 is 23.6 Å². The standard InChI is InChI=1S/C19H22FN3O3/c1-13-8-9-17(26-3)14(10-13)11-23(2)12-18(24)22-19(25)21-16-7-5-4-6-15(16)20/h4-10H,11-12H2,1-3H3,(H2,21,22,24,25)/p+1. The number of likely N-dealkylation sites (N-methyl/N-ethyl adjacent to an activating group) is 1. The number of aryl methyl sites for hydroxylation is 1. The number of hydrogen-bond donors (Lipinski definition) is 3.